The third kappa shape index (κ3) is 2.61. The standard InChI is InChI=1S/C8H13Cl2NO/c1-11-4-2-6(3-5-11)7(12)8(9)10/h6,8H,2-5H2,1H3. The van der Waals surface area contributed by atoms with E-state index in [4.69, 9.17) is 23.2 Å². The van der Waals surface area contributed by atoms with Crippen molar-refractivity contribution in [1.82, 2.24) is 4.90 Å². The summed E-state index contributed by atoms with van der Waals surface area (Å²) in [7, 11) is 2.06. The third-order valence-electron chi connectivity index (χ3n) is 2.34. The zero-order valence-electron chi connectivity index (χ0n) is 7.09. The van der Waals surface area contributed by atoms with Crippen LogP contribution in [-0.4, -0.2) is 35.7 Å². The smallest absolute Gasteiger partial charge is 0.168 e. The maximum absolute atomic E-state index is 11.3. The van der Waals surface area contributed by atoms with Crippen molar-refractivity contribution in [3.8, 4) is 0 Å². The number of nitrogens with zero attached hydrogens (tertiary/aromatic N) is 1. The predicted octanol–water partition coefficient (Wildman–Crippen LogP) is 1.70. The number of carbonyl (C=O) groups excluding carboxylic acids is 1. The summed E-state index contributed by atoms with van der Waals surface area (Å²) in [6.45, 7) is 1.94. The highest BCUT2D eigenvalue weighted by Gasteiger charge is 2.26. The number of alkyl halides is 2. The SMILES string of the molecule is CN1CCC(C(=O)C(Cl)Cl)CC1. The molecule has 1 fully saturated rings. The van der Waals surface area contributed by atoms with E-state index in [0.717, 1.165) is 25.9 Å². The van der Waals surface area contributed by atoms with E-state index in [1.54, 1.807) is 0 Å². The molecule has 0 N–H and O–H groups in total. The molecule has 1 rings (SSSR count). The van der Waals surface area contributed by atoms with Crippen LogP contribution in [0.5, 0.6) is 0 Å². The number of halogens is 2. The van der Waals surface area contributed by atoms with Crippen molar-refractivity contribution >= 4 is 29.0 Å². The average Bonchev–Trinajstić information content (AvgIpc) is 2.04. The summed E-state index contributed by atoms with van der Waals surface area (Å²) in [6, 6.07) is 0. The molecule has 0 aromatic carbocycles. The largest absolute Gasteiger partial charge is 0.306 e. The van der Waals surface area contributed by atoms with Crippen molar-refractivity contribution in [1.29, 1.82) is 0 Å². The van der Waals surface area contributed by atoms with E-state index < -0.39 is 4.84 Å². The van der Waals surface area contributed by atoms with E-state index in [9.17, 15) is 4.79 Å². The molecular weight excluding hydrogens is 197 g/mol. The van der Waals surface area contributed by atoms with Crippen LogP contribution in [0.15, 0.2) is 0 Å². The lowest BCUT2D eigenvalue weighted by molar-refractivity contribution is -0.122. The van der Waals surface area contributed by atoms with E-state index in [1.165, 1.54) is 0 Å². The van der Waals surface area contributed by atoms with Gasteiger partial charge in [0.1, 0.15) is 0 Å². The lowest BCUT2D eigenvalue weighted by atomic mass is 9.93. The first kappa shape index (κ1) is 10.3. The highest BCUT2D eigenvalue weighted by Crippen LogP contribution is 2.21. The van der Waals surface area contributed by atoms with Gasteiger partial charge in [0.05, 0.1) is 0 Å². The molecule has 0 radical (unpaired) electrons. The van der Waals surface area contributed by atoms with Gasteiger partial charge >= 0.3 is 0 Å². The number of hydrogen-bond acceptors (Lipinski definition) is 2. The minimum Gasteiger partial charge on any atom is -0.306 e. The number of Topliss-reactive ketones (excluding diaryl/α,β-unsaturated/α-hetero) is 1. The second-order valence-electron chi connectivity index (χ2n) is 3.28. The second kappa shape index (κ2) is 4.45. The van der Waals surface area contributed by atoms with Gasteiger partial charge in [0, 0.05) is 5.92 Å². The van der Waals surface area contributed by atoms with E-state index in [0.29, 0.717) is 0 Å². The molecule has 0 unspecified atom stereocenters. The van der Waals surface area contributed by atoms with Crippen molar-refractivity contribution in [2.75, 3.05) is 20.1 Å². The van der Waals surface area contributed by atoms with Gasteiger partial charge in [-0.05, 0) is 33.0 Å². The van der Waals surface area contributed by atoms with Crippen molar-refractivity contribution in [3.63, 3.8) is 0 Å². The van der Waals surface area contributed by atoms with Crippen LogP contribution in [0, 0.1) is 5.92 Å². The Bertz CT molecular complexity index is 164. The molecule has 1 aliphatic heterocycles. The number of carbonyl (C=O) groups is 1. The van der Waals surface area contributed by atoms with Crippen LogP contribution in [0.3, 0.4) is 0 Å². The van der Waals surface area contributed by atoms with Crippen LogP contribution in [0.1, 0.15) is 12.8 Å². The quantitative estimate of drug-likeness (QED) is 0.646. The normalized spacial score (nSPS) is 21.7. The Labute approximate surface area is 82.8 Å². The van der Waals surface area contributed by atoms with Crippen LogP contribution in [-0.2, 0) is 4.79 Å². The Balaban J connectivity index is 2.39. The molecule has 0 bridgehead atoms. The van der Waals surface area contributed by atoms with Gasteiger partial charge in [-0.3, -0.25) is 4.79 Å². The number of likely N-dealkylation sites (tertiary alicyclic amines) is 1. The molecule has 0 saturated carbocycles. The summed E-state index contributed by atoms with van der Waals surface area (Å²) in [5.41, 5.74) is 0. The van der Waals surface area contributed by atoms with Gasteiger partial charge in [0.25, 0.3) is 0 Å². The first-order valence-corrected chi connectivity index (χ1v) is 4.99. The van der Waals surface area contributed by atoms with E-state index in [-0.39, 0.29) is 11.7 Å². The topological polar surface area (TPSA) is 20.3 Å². The molecule has 1 saturated heterocycles. The van der Waals surface area contributed by atoms with Gasteiger partial charge in [-0.25, -0.2) is 0 Å². The van der Waals surface area contributed by atoms with Gasteiger partial charge in [0.15, 0.2) is 10.6 Å². The monoisotopic (exact) mass is 209 g/mol. The predicted molar refractivity (Wildman–Crippen MR) is 50.7 cm³/mol. The average molecular weight is 210 g/mol. The highest BCUT2D eigenvalue weighted by molar-refractivity contribution is 6.53. The molecule has 0 aromatic heterocycles. The maximum Gasteiger partial charge on any atom is 0.168 e. The van der Waals surface area contributed by atoms with Crippen molar-refractivity contribution in [2.45, 2.75) is 17.7 Å². The third-order valence-corrected chi connectivity index (χ3v) is 2.77. The zero-order chi connectivity index (χ0) is 9.14. The molecule has 1 aliphatic rings. The molecule has 4 heteroatoms. The molecule has 0 aromatic rings. The van der Waals surface area contributed by atoms with Crippen LogP contribution >= 0.6 is 23.2 Å². The molecule has 0 atom stereocenters. The molecule has 0 aliphatic carbocycles. The number of piperidine rings is 1. The summed E-state index contributed by atoms with van der Waals surface area (Å²) < 4.78 is 0. The maximum atomic E-state index is 11.3. The second-order valence-corrected chi connectivity index (χ2v) is 4.38. The van der Waals surface area contributed by atoms with E-state index in [1.807, 2.05) is 0 Å². The Morgan fingerprint density at radius 3 is 2.33 bits per heavy atom. The fourth-order valence-electron chi connectivity index (χ4n) is 1.47. The van der Waals surface area contributed by atoms with Gasteiger partial charge in [-0.15, -0.1) is 0 Å². The minimum absolute atomic E-state index is 0.00793. The van der Waals surface area contributed by atoms with Crippen molar-refractivity contribution in [3.05, 3.63) is 0 Å². The summed E-state index contributed by atoms with van der Waals surface area (Å²) in [6.07, 6.45) is 1.79. The lowest BCUT2D eigenvalue weighted by Crippen LogP contribution is -2.35. The van der Waals surface area contributed by atoms with E-state index >= 15 is 0 Å². The van der Waals surface area contributed by atoms with Crippen LogP contribution < -0.4 is 0 Å². The van der Waals surface area contributed by atoms with E-state index in [2.05, 4.69) is 11.9 Å². The number of rotatable bonds is 2. The summed E-state index contributed by atoms with van der Waals surface area (Å²) in [5.74, 6) is 0.0765. The Morgan fingerprint density at radius 2 is 1.92 bits per heavy atom. The van der Waals surface area contributed by atoms with Crippen LogP contribution in [0.25, 0.3) is 0 Å². The fraction of sp³-hybridized carbons (Fsp3) is 0.875. The summed E-state index contributed by atoms with van der Waals surface area (Å²) >= 11 is 11.0. The van der Waals surface area contributed by atoms with Gasteiger partial charge in [-0.2, -0.15) is 0 Å². The van der Waals surface area contributed by atoms with Crippen molar-refractivity contribution < 1.29 is 4.79 Å². The number of ketones is 1. The molecule has 1 heterocycles. The Morgan fingerprint density at radius 1 is 1.42 bits per heavy atom. The van der Waals surface area contributed by atoms with Crippen molar-refractivity contribution in [2.24, 2.45) is 5.92 Å². The molecular formula is C8H13Cl2NO. The van der Waals surface area contributed by atoms with Crippen LogP contribution in [0.2, 0.25) is 0 Å². The minimum atomic E-state index is -0.835. The fourth-order valence-corrected chi connectivity index (χ4v) is 1.83. The molecule has 0 amide bonds. The summed E-state index contributed by atoms with van der Waals surface area (Å²) in [5, 5.41) is 0. The Kier molecular flexibility index (Phi) is 3.81. The molecule has 12 heavy (non-hydrogen) atoms. The highest BCUT2D eigenvalue weighted by atomic mass is 35.5. The van der Waals surface area contributed by atoms with Gasteiger partial charge < -0.3 is 4.90 Å². The molecule has 70 valence electrons. The lowest BCUT2D eigenvalue weighted by Gasteiger charge is -2.28. The van der Waals surface area contributed by atoms with Gasteiger partial charge in [0.2, 0.25) is 0 Å². The molecule has 0 spiro atoms. The van der Waals surface area contributed by atoms with Crippen LogP contribution in [0.4, 0.5) is 0 Å². The summed E-state index contributed by atoms with van der Waals surface area (Å²) in [4.78, 5) is 12.7. The zero-order valence-corrected chi connectivity index (χ0v) is 8.61. The Hall–Kier alpha value is 0.210. The first-order chi connectivity index (χ1) is 5.61. The molecule has 2 nitrogen and oxygen atoms in total. The first-order valence-electron chi connectivity index (χ1n) is 4.11. The van der Waals surface area contributed by atoms with Gasteiger partial charge in [-0.1, -0.05) is 23.2 Å². The number of hydrogen-bond donors (Lipinski definition) is 0.